The van der Waals surface area contributed by atoms with E-state index in [9.17, 15) is 4.79 Å². The largest absolute Gasteiger partial charge is 0.288 e. The summed E-state index contributed by atoms with van der Waals surface area (Å²) in [6.45, 7) is 0. The summed E-state index contributed by atoms with van der Waals surface area (Å²) in [7, 11) is 0. The molecule has 15 heavy (non-hydrogen) atoms. The molecule has 5 heteroatoms. The van der Waals surface area contributed by atoms with Gasteiger partial charge in [-0.2, -0.15) is 0 Å². The van der Waals surface area contributed by atoms with E-state index in [1.54, 1.807) is 29.9 Å². The van der Waals surface area contributed by atoms with Gasteiger partial charge in [-0.1, -0.05) is 11.6 Å². The number of hydrogen-bond donors (Lipinski definition) is 0. The van der Waals surface area contributed by atoms with E-state index in [1.165, 1.54) is 11.3 Å². The summed E-state index contributed by atoms with van der Waals surface area (Å²) in [6, 6.07) is 3.39. The number of aromatic nitrogens is 1. The van der Waals surface area contributed by atoms with Crippen molar-refractivity contribution in [2.24, 2.45) is 0 Å². The fraction of sp³-hybridized carbons (Fsp3) is 0. The molecular weight excluding hydrogens is 298 g/mol. The van der Waals surface area contributed by atoms with E-state index in [0.29, 0.717) is 19.9 Å². The van der Waals surface area contributed by atoms with Gasteiger partial charge >= 0.3 is 0 Å². The van der Waals surface area contributed by atoms with Gasteiger partial charge in [-0.15, -0.1) is 11.3 Å². The molecule has 2 rings (SSSR count). The average molecular weight is 303 g/mol. The molecule has 0 atom stereocenters. The summed E-state index contributed by atoms with van der Waals surface area (Å²) < 4.78 is 0.680. The topological polar surface area (TPSA) is 30.0 Å². The lowest BCUT2D eigenvalue weighted by Gasteiger charge is -2.00. The Morgan fingerprint density at radius 3 is 2.87 bits per heavy atom. The molecule has 0 radical (unpaired) electrons. The van der Waals surface area contributed by atoms with Crippen molar-refractivity contribution in [3.05, 3.63) is 49.8 Å². The van der Waals surface area contributed by atoms with Crippen LogP contribution in [0.15, 0.2) is 34.4 Å². The highest BCUT2D eigenvalue weighted by Gasteiger charge is 2.16. The van der Waals surface area contributed by atoms with Crippen molar-refractivity contribution >= 4 is 44.7 Å². The van der Waals surface area contributed by atoms with Crippen LogP contribution in [-0.2, 0) is 0 Å². The lowest BCUT2D eigenvalue weighted by atomic mass is 10.1. The van der Waals surface area contributed by atoms with Gasteiger partial charge in [-0.25, -0.2) is 0 Å². The Kier molecular flexibility index (Phi) is 3.19. The zero-order valence-corrected chi connectivity index (χ0v) is 10.6. The quantitative estimate of drug-likeness (QED) is 0.790. The van der Waals surface area contributed by atoms with Gasteiger partial charge in [0.05, 0.1) is 9.90 Å². The predicted octanol–water partition coefficient (Wildman–Crippen LogP) is 3.79. The Morgan fingerprint density at radius 1 is 1.47 bits per heavy atom. The second-order valence-corrected chi connectivity index (χ2v) is 4.96. The number of carbonyl (C=O) groups excluding carboxylic acids is 1. The van der Waals surface area contributed by atoms with Crippen LogP contribution < -0.4 is 0 Å². The van der Waals surface area contributed by atoms with Gasteiger partial charge in [0.1, 0.15) is 0 Å². The van der Waals surface area contributed by atoms with Crippen molar-refractivity contribution < 1.29 is 4.79 Å². The van der Waals surface area contributed by atoms with E-state index < -0.39 is 0 Å². The maximum atomic E-state index is 12.0. The van der Waals surface area contributed by atoms with Crippen LogP contribution in [0.4, 0.5) is 0 Å². The van der Waals surface area contributed by atoms with Gasteiger partial charge in [0.15, 0.2) is 0 Å². The van der Waals surface area contributed by atoms with Crippen molar-refractivity contribution in [3.63, 3.8) is 0 Å². The lowest BCUT2D eigenvalue weighted by Crippen LogP contribution is -2.00. The minimum absolute atomic E-state index is 0.0794. The van der Waals surface area contributed by atoms with Gasteiger partial charge in [0, 0.05) is 22.4 Å². The maximum Gasteiger partial charge on any atom is 0.205 e. The first-order valence-electron chi connectivity index (χ1n) is 4.07. The van der Waals surface area contributed by atoms with E-state index in [4.69, 9.17) is 11.6 Å². The molecule has 0 saturated heterocycles. The first-order chi connectivity index (χ1) is 7.20. The molecule has 0 saturated carbocycles. The van der Waals surface area contributed by atoms with Crippen molar-refractivity contribution in [2.75, 3.05) is 0 Å². The van der Waals surface area contributed by atoms with Crippen LogP contribution in [0.3, 0.4) is 0 Å². The molecule has 76 valence electrons. The van der Waals surface area contributed by atoms with Gasteiger partial charge in [-0.05, 0) is 33.4 Å². The summed E-state index contributed by atoms with van der Waals surface area (Å²) >= 11 is 10.5. The van der Waals surface area contributed by atoms with E-state index in [1.807, 2.05) is 0 Å². The predicted molar refractivity (Wildman–Crippen MR) is 64.7 cm³/mol. The average Bonchev–Trinajstić information content (AvgIpc) is 2.64. The monoisotopic (exact) mass is 301 g/mol. The summed E-state index contributed by atoms with van der Waals surface area (Å²) in [4.78, 5) is 16.5. The first kappa shape index (κ1) is 10.8. The number of ketones is 1. The highest BCUT2D eigenvalue weighted by atomic mass is 79.9. The van der Waals surface area contributed by atoms with Crippen molar-refractivity contribution in [3.8, 4) is 0 Å². The molecule has 0 aromatic carbocycles. The number of rotatable bonds is 2. The summed E-state index contributed by atoms with van der Waals surface area (Å²) in [6.07, 6.45) is 3.17. The lowest BCUT2D eigenvalue weighted by molar-refractivity contribution is 0.104. The number of pyridine rings is 1. The third-order valence-corrected chi connectivity index (χ3v) is 3.81. The zero-order chi connectivity index (χ0) is 10.8. The minimum atomic E-state index is -0.0794. The van der Waals surface area contributed by atoms with Crippen LogP contribution in [0.1, 0.15) is 15.2 Å². The van der Waals surface area contributed by atoms with E-state index in [-0.39, 0.29) is 5.78 Å². The van der Waals surface area contributed by atoms with Gasteiger partial charge < -0.3 is 0 Å². The highest BCUT2D eigenvalue weighted by Crippen LogP contribution is 2.27. The van der Waals surface area contributed by atoms with Gasteiger partial charge in [0.2, 0.25) is 5.78 Å². The standard InChI is InChI=1S/C10H5BrClNOS/c11-7-5-13-3-1-6(7)9(14)10-8(12)2-4-15-10/h1-5H. The smallest absolute Gasteiger partial charge is 0.205 e. The van der Waals surface area contributed by atoms with Crippen molar-refractivity contribution in [1.29, 1.82) is 0 Å². The minimum Gasteiger partial charge on any atom is -0.288 e. The Morgan fingerprint density at radius 2 is 2.27 bits per heavy atom. The number of halogens is 2. The van der Waals surface area contributed by atoms with Gasteiger partial charge in [0.25, 0.3) is 0 Å². The molecule has 2 aromatic heterocycles. The molecule has 0 fully saturated rings. The van der Waals surface area contributed by atoms with Crippen LogP contribution >= 0.6 is 38.9 Å². The summed E-state index contributed by atoms with van der Waals surface area (Å²) in [5.74, 6) is -0.0794. The Hall–Kier alpha value is -0.710. The molecule has 2 heterocycles. The molecule has 0 bridgehead atoms. The second-order valence-electron chi connectivity index (χ2n) is 2.78. The molecule has 2 aromatic rings. The highest BCUT2D eigenvalue weighted by molar-refractivity contribution is 9.10. The van der Waals surface area contributed by atoms with E-state index >= 15 is 0 Å². The van der Waals surface area contributed by atoms with Crippen molar-refractivity contribution in [2.45, 2.75) is 0 Å². The molecule has 0 aliphatic carbocycles. The normalized spacial score (nSPS) is 10.3. The second kappa shape index (κ2) is 4.43. The van der Waals surface area contributed by atoms with Crippen LogP contribution in [0, 0.1) is 0 Å². The fourth-order valence-corrected chi connectivity index (χ4v) is 2.66. The molecule has 0 N–H and O–H groups in total. The van der Waals surface area contributed by atoms with Crippen LogP contribution in [0.5, 0.6) is 0 Å². The van der Waals surface area contributed by atoms with Crippen LogP contribution in [-0.4, -0.2) is 10.8 Å². The molecular formula is C10H5BrClNOS. The Balaban J connectivity index is 2.46. The number of nitrogens with zero attached hydrogens (tertiary/aromatic N) is 1. The third-order valence-electron chi connectivity index (χ3n) is 1.84. The number of thiophene rings is 1. The molecule has 0 aliphatic heterocycles. The van der Waals surface area contributed by atoms with Crippen LogP contribution in [0.25, 0.3) is 0 Å². The SMILES string of the molecule is O=C(c1ccncc1Br)c1sccc1Cl. The van der Waals surface area contributed by atoms with Crippen molar-refractivity contribution in [1.82, 2.24) is 4.98 Å². The third kappa shape index (κ3) is 2.12. The zero-order valence-electron chi connectivity index (χ0n) is 7.41. The Labute approximate surface area is 104 Å². The molecule has 2 nitrogen and oxygen atoms in total. The van der Waals surface area contributed by atoms with Gasteiger partial charge in [-0.3, -0.25) is 9.78 Å². The summed E-state index contributed by atoms with van der Waals surface area (Å²) in [5, 5.41) is 2.29. The van der Waals surface area contributed by atoms with Crippen LogP contribution in [0.2, 0.25) is 5.02 Å². The van der Waals surface area contributed by atoms with E-state index in [0.717, 1.165) is 0 Å². The number of hydrogen-bond acceptors (Lipinski definition) is 3. The fourth-order valence-electron chi connectivity index (χ4n) is 1.14. The molecule has 0 spiro atoms. The maximum absolute atomic E-state index is 12.0. The molecule has 0 amide bonds. The Bertz CT molecular complexity index is 512. The summed E-state index contributed by atoms with van der Waals surface area (Å²) in [5.41, 5.74) is 0.578. The van der Waals surface area contributed by atoms with E-state index in [2.05, 4.69) is 20.9 Å². The molecule has 0 unspecified atom stereocenters. The molecule has 0 aliphatic rings. The number of carbonyl (C=O) groups is 1. The first-order valence-corrected chi connectivity index (χ1v) is 6.12.